The van der Waals surface area contributed by atoms with Gasteiger partial charge in [-0.3, -0.25) is 4.79 Å². The molecule has 0 amide bonds. The molecule has 0 radical (unpaired) electrons. The molecule has 0 aliphatic heterocycles. The molecule has 0 bridgehead atoms. The second kappa shape index (κ2) is 4.68. The van der Waals surface area contributed by atoms with Crippen molar-refractivity contribution in [3.8, 4) is 21.6 Å². The molecule has 1 aromatic heterocycles. The Morgan fingerprint density at radius 1 is 1.35 bits per heavy atom. The van der Waals surface area contributed by atoms with Gasteiger partial charge in [-0.2, -0.15) is 5.26 Å². The third kappa shape index (κ3) is 2.27. The molecule has 0 fully saturated rings. The minimum absolute atomic E-state index is 0.352. The van der Waals surface area contributed by atoms with E-state index in [-0.39, 0.29) is 0 Å². The lowest BCUT2D eigenvalue weighted by Gasteiger charge is -1.96. The van der Waals surface area contributed by atoms with Gasteiger partial charge in [-0.25, -0.2) is 0 Å². The van der Waals surface area contributed by atoms with Crippen LogP contribution in [0, 0.1) is 11.3 Å². The Bertz CT molecular complexity index is 582. The summed E-state index contributed by atoms with van der Waals surface area (Å²) in [7, 11) is 0. The number of nitrogens with two attached hydrogens (primary N) is 1. The van der Waals surface area contributed by atoms with Gasteiger partial charge in [0.25, 0.3) is 6.47 Å². The second-order valence-corrected chi connectivity index (χ2v) is 4.27. The fourth-order valence-electron chi connectivity index (χ4n) is 1.38. The van der Waals surface area contributed by atoms with Gasteiger partial charge in [0.05, 0.1) is 17.3 Å². The van der Waals surface area contributed by atoms with Crippen LogP contribution in [0.2, 0.25) is 0 Å². The lowest BCUT2D eigenvalue weighted by molar-refractivity contribution is -0.120. The molecule has 84 valence electrons. The molecule has 0 aliphatic rings. The maximum Gasteiger partial charge on any atom is 0.299 e. The Morgan fingerprint density at radius 3 is 2.65 bits per heavy atom. The van der Waals surface area contributed by atoms with E-state index in [9.17, 15) is 4.79 Å². The standard InChI is InChI=1S/C12H8N2O2S/c13-6-8-1-3-9(4-2-8)11-5-10(14)12(17-11)16-7-15/h1-5,7H,14H2. The number of hydrogen-bond acceptors (Lipinski definition) is 5. The SMILES string of the molecule is N#Cc1ccc(-c2cc(N)c(OC=O)s2)cc1. The fraction of sp³-hybridized carbons (Fsp3) is 0. The summed E-state index contributed by atoms with van der Waals surface area (Å²) in [5.41, 5.74) is 7.66. The van der Waals surface area contributed by atoms with Gasteiger partial charge in [-0.15, -0.1) is 0 Å². The van der Waals surface area contributed by atoms with Gasteiger partial charge >= 0.3 is 0 Å². The number of anilines is 1. The summed E-state index contributed by atoms with van der Waals surface area (Å²) < 4.78 is 4.74. The molecule has 0 aliphatic carbocycles. The van der Waals surface area contributed by atoms with Crippen molar-refractivity contribution in [1.29, 1.82) is 5.26 Å². The highest BCUT2D eigenvalue weighted by atomic mass is 32.1. The summed E-state index contributed by atoms with van der Waals surface area (Å²) in [6.07, 6.45) is 0. The van der Waals surface area contributed by atoms with E-state index >= 15 is 0 Å². The van der Waals surface area contributed by atoms with E-state index < -0.39 is 0 Å². The van der Waals surface area contributed by atoms with Crippen LogP contribution in [0.4, 0.5) is 5.69 Å². The Kier molecular flexibility index (Phi) is 3.08. The average molecular weight is 244 g/mol. The van der Waals surface area contributed by atoms with E-state index in [0.29, 0.717) is 22.8 Å². The van der Waals surface area contributed by atoms with Crippen molar-refractivity contribution in [3.63, 3.8) is 0 Å². The molecule has 1 heterocycles. The summed E-state index contributed by atoms with van der Waals surface area (Å²) in [6, 6.07) is 10.9. The van der Waals surface area contributed by atoms with Crippen LogP contribution in [-0.4, -0.2) is 6.47 Å². The number of thiophene rings is 1. The normalized spacial score (nSPS) is 9.59. The van der Waals surface area contributed by atoms with Crippen LogP contribution in [-0.2, 0) is 4.79 Å². The number of carbonyl (C=O) groups is 1. The molecule has 1 aromatic carbocycles. The summed E-state index contributed by atoms with van der Waals surface area (Å²) in [6.45, 7) is 0.352. The summed E-state index contributed by atoms with van der Waals surface area (Å²) >= 11 is 1.29. The molecule has 0 saturated heterocycles. The molecule has 17 heavy (non-hydrogen) atoms. The predicted molar refractivity (Wildman–Crippen MR) is 65.6 cm³/mol. The highest BCUT2D eigenvalue weighted by molar-refractivity contribution is 7.18. The number of carbonyl (C=O) groups excluding carboxylic acids is 1. The average Bonchev–Trinajstić information content (AvgIpc) is 2.72. The molecular formula is C12H8N2O2S. The molecule has 5 heteroatoms. The molecule has 4 nitrogen and oxygen atoms in total. The first-order valence-corrected chi connectivity index (χ1v) is 5.56. The van der Waals surface area contributed by atoms with Gasteiger partial charge in [0, 0.05) is 4.88 Å². The topological polar surface area (TPSA) is 76.1 Å². The van der Waals surface area contributed by atoms with Gasteiger partial charge in [-0.1, -0.05) is 23.5 Å². The molecule has 0 unspecified atom stereocenters. The number of benzene rings is 1. The number of hydrogen-bond donors (Lipinski definition) is 1. The molecular weight excluding hydrogens is 236 g/mol. The van der Waals surface area contributed by atoms with Gasteiger partial charge in [-0.05, 0) is 23.8 Å². The van der Waals surface area contributed by atoms with Crippen molar-refractivity contribution in [2.24, 2.45) is 0 Å². The van der Waals surface area contributed by atoms with Crippen LogP contribution in [0.5, 0.6) is 5.06 Å². The number of nitriles is 1. The third-order valence-corrected chi connectivity index (χ3v) is 3.27. The van der Waals surface area contributed by atoms with Crippen LogP contribution in [0.15, 0.2) is 30.3 Å². The van der Waals surface area contributed by atoms with Crippen molar-refractivity contribution in [2.45, 2.75) is 0 Å². The first-order valence-electron chi connectivity index (χ1n) is 4.74. The highest BCUT2D eigenvalue weighted by Gasteiger charge is 2.09. The molecule has 0 atom stereocenters. The van der Waals surface area contributed by atoms with E-state index in [4.69, 9.17) is 15.7 Å². The smallest absolute Gasteiger partial charge is 0.299 e. The quantitative estimate of drug-likeness (QED) is 0.841. The predicted octanol–water partition coefficient (Wildman–Crippen LogP) is 2.40. The van der Waals surface area contributed by atoms with Crippen LogP contribution in [0.3, 0.4) is 0 Å². The van der Waals surface area contributed by atoms with Crippen LogP contribution >= 0.6 is 11.3 Å². The van der Waals surface area contributed by atoms with Crippen molar-refractivity contribution >= 4 is 23.5 Å². The number of nitrogens with zero attached hydrogens (tertiary/aromatic N) is 1. The first-order chi connectivity index (χ1) is 8.24. The van der Waals surface area contributed by atoms with E-state index in [1.165, 1.54) is 11.3 Å². The maximum absolute atomic E-state index is 10.2. The maximum atomic E-state index is 10.2. The molecule has 2 N–H and O–H groups in total. The van der Waals surface area contributed by atoms with E-state index in [2.05, 4.69) is 6.07 Å². The van der Waals surface area contributed by atoms with Crippen LogP contribution in [0.1, 0.15) is 5.56 Å². The molecule has 0 saturated carbocycles. The van der Waals surface area contributed by atoms with E-state index in [0.717, 1.165) is 10.4 Å². The van der Waals surface area contributed by atoms with Crippen molar-refractivity contribution < 1.29 is 9.53 Å². The summed E-state index contributed by atoms with van der Waals surface area (Å²) in [5, 5.41) is 9.08. The van der Waals surface area contributed by atoms with Crippen LogP contribution in [0.25, 0.3) is 10.4 Å². The summed E-state index contributed by atoms with van der Waals surface area (Å²) in [4.78, 5) is 11.1. The van der Waals surface area contributed by atoms with Crippen LogP contribution < -0.4 is 10.5 Å². The lowest BCUT2D eigenvalue weighted by Crippen LogP contribution is -1.89. The zero-order chi connectivity index (χ0) is 12.3. The van der Waals surface area contributed by atoms with Crippen molar-refractivity contribution in [2.75, 3.05) is 5.73 Å². The minimum Gasteiger partial charge on any atom is -0.415 e. The largest absolute Gasteiger partial charge is 0.415 e. The van der Waals surface area contributed by atoms with Gasteiger partial charge in [0.2, 0.25) is 5.06 Å². The van der Waals surface area contributed by atoms with Gasteiger partial charge in [0.1, 0.15) is 0 Å². The van der Waals surface area contributed by atoms with Gasteiger partial charge in [0.15, 0.2) is 0 Å². The fourth-order valence-corrected chi connectivity index (χ4v) is 2.28. The van der Waals surface area contributed by atoms with Gasteiger partial charge < -0.3 is 10.5 Å². The highest BCUT2D eigenvalue weighted by Crippen LogP contribution is 2.38. The van der Waals surface area contributed by atoms with E-state index in [1.807, 2.05) is 12.1 Å². The molecule has 2 aromatic rings. The zero-order valence-electron chi connectivity index (χ0n) is 8.71. The van der Waals surface area contributed by atoms with Crippen molar-refractivity contribution in [1.82, 2.24) is 0 Å². The zero-order valence-corrected chi connectivity index (χ0v) is 9.53. The number of ether oxygens (including phenoxy) is 1. The first kappa shape index (κ1) is 11.2. The Hall–Kier alpha value is -2.32. The molecule has 2 rings (SSSR count). The Labute approximate surface area is 102 Å². The second-order valence-electron chi connectivity index (χ2n) is 3.26. The molecule has 0 spiro atoms. The van der Waals surface area contributed by atoms with E-state index in [1.54, 1.807) is 18.2 Å². The monoisotopic (exact) mass is 244 g/mol. The summed E-state index contributed by atoms with van der Waals surface area (Å²) in [5.74, 6) is 0. The number of rotatable bonds is 3. The number of nitrogen functional groups attached to an aromatic ring is 1. The lowest BCUT2D eigenvalue weighted by atomic mass is 10.1. The van der Waals surface area contributed by atoms with Crippen molar-refractivity contribution in [3.05, 3.63) is 35.9 Å². The minimum atomic E-state index is 0.352. The third-order valence-electron chi connectivity index (χ3n) is 2.18. The Balaban J connectivity index is 2.36. The Morgan fingerprint density at radius 2 is 2.06 bits per heavy atom.